The van der Waals surface area contributed by atoms with Gasteiger partial charge in [0.25, 0.3) is 5.91 Å². The van der Waals surface area contributed by atoms with E-state index in [0.29, 0.717) is 11.1 Å². The van der Waals surface area contributed by atoms with Crippen LogP contribution in [0.4, 0.5) is 0 Å². The fourth-order valence-corrected chi connectivity index (χ4v) is 3.82. The van der Waals surface area contributed by atoms with E-state index in [1.54, 1.807) is 24.3 Å². The molecule has 1 atom stereocenters. The summed E-state index contributed by atoms with van der Waals surface area (Å²) in [5.41, 5.74) is -0.909. The van der Waals surface area contributed by atoms with Crippen molar-refractivity contribution in [2.45, 2.75) is 10.6 Å². The maximum absolute atomic E-state index is 12.0. The lowest BCUT2D eigenvalue weighted by molar-refractivity contribution is 0.0474. The Hall–Kier alpha value is -1.93. The molecule has 0 radical (unpaired) electrons. The van der Waals surface area contributed by atoms with Gasteiger partial charge in [-0.05, 0) is 25.2 Å². The second-order valence-electron chi connectivity index (χ2n) is 5.06. The number of hydrogen-bond acceptors (Lipinski definition) is 4. The molecule has 3 rings (SSSR count). The van der Waals surface area contributed by atoms with Gasteiger partial charge >= 0.3 is 0 Å². The van der Waals surface area contributed by atoms with Crippen molar-refractivity contribution in [2.75, 3.05) is 7.05 Å². The summed E-state index contributed by atoms with van der Waals surface area (Å²) in [5, 5.41) is 13.5. The van der Waals surface area contributed by atoms with Gasteiger partial charge in [-0.2, -0.15) is 0 Å². The van der Waals surface area contributed by atoms with E-state index in [2.05, 4.69) is 10.0 Å². The summed E-state index contributed by atoms with van der Waals surface area (Å²) in [5.74, 6) is -0.434. The number of halogens is 1. The van der Waals surface area contributed by atoms with Crippen LogP contribution in [0.2, 0.25) is 5.02 Å². The molecule has 1 aliphatic rings. The predicted molar refractivity (Wildman–Crippen MR) is 84.6 cm³/mol. The maximum atomic E-state index is 12.0. The minimum Gasteiger partial charge on any atom is -0.363 e. The zero-order valence-corrected chi connectivity index (χ0v) is 13.6. The largest absolute Gasteiger partial charge is 0.363 e. The Balaban J connectivity index is 2.21. The van der Waals surface area contributed by atoms with E-state index in [-0.39, 0.29) is 15.5 Å². The van der Waals surface area contributed by atoms with Gasteiger partial charge in [0.2, 0.25) is 10.0 Å². The summed E-state index contributed by atoms with van der Waals surface area (Å²) in [4.78, 5) is 11.9. The number of aliphatic hydroxyl groups is 1. The molecule has 2 aromatic carbocycles. The molecule has 1 aliphatic heterocycles. The monoisotopic (exact) mass is 352 g/mol. The minimum atomic E-state index is -3.80. The number of amides is 1. The molecule has 23 heavy (non-hydrogen) atoms. The Morgan fingerprint density at radius 3 is 2.61 bits per heavy atom. The standard InChI is InChI=1S/C15H13ClN2O4S/c1-17-23(21,22)13-8-9(6-7-12(13)16)15(20)11-5-3-2-4-10(11)14(19)18-15/h2-8,17,20H,1H3,(H,18,19). The van der Waals surface area contributed by atoms with E-state index in [1.807, 2.05) is 0 Å². The van der Waals surface area contributed by atoms with Gasteiger partial charge in [0, 0.05) is 16.7 Å². The van der Waals surface area contributed by atoms with Gasteiger partial charge in [0.15, 0.2) is 5.72 Å². The normalized spacial score (nSPS) is 20.2. The average molecular weight is 353 g/mol. The highest BCUT2D eigenvalue weighted by atomic mass is 35.5. The molecule has 0 saturated heterocycles. The van der Waals surface area contributed by atoms with Crippen molar-refractivity contribution >= 4 is 27.5 Å². The maximum Gasteiger partial charge on any atom is 0.254 e. The molecule has 0 bridgehead atoms. The molecule has 2 aromatic rings. The third kappa shape index (κ3) is 2.42. The van der Waals surface area contributed by atoms with Crippen molar-refractivity contribution in [3.63, 3.8) is 0 Å². The van der Waals surface area contributed by atoms with E-state index in [0.717, 1.165) is 0 Å². The zero-order valence-electron chi connectivity index (χ0n) is 12.0. The highest BCUT2D eigenvalue weighted by molar-refractivity contribution is 7.89. The number of sulfonamides is 1. The van der Waals surface area contributed by atoms with Crippen LogP contribution < -0.4 is 10.0 Å². The van der Waals surface area contributed by atoms with Gasteiger partial charge < -0.3 is 10.4 Å². The fourth-order valence-electron chi connectivity index (χ4n) is 2.57. The fraction of sp³-hybridized carbons (Fsp3) is 0.133. The number of carbonyl (C=O) groups is 1. The summed E-state index contributed by atoms with van der Waals surface area (Å²) in [6.07, 6.45) is 0. The van der Waals surface area contributed by atoms with E-state index >= 15 is 0 Å². The van der Waals surface area contributed by atoms with Crippen LogP contribution in [-0.4, -0.2) is 26.5 Å². The first-order valence-corrected chi connectivity index (χ1v) is 8.53. The molecule has 0 fully saturated rings. The first kappa shape index (κ1) is 15.9. The van der Waals surface area contributed by atoms with Crippen LogP contribution in [0.1, 0.15) is 21.5 Å². The molecule has 0 aromatic heterocycles. The lowest BCUT2D eigenvalue weighted by atomic mass is 9.94. The Labute approximate surface area is 138 Å². The second-order valence-corrected chi connectivity index (χ2v) is 7.33. The lowest BCUT2D eigenvalue weighted by Crippen LogP contribution is -2.40. The van der Waals surface area contributed by atoms with E-state index < -0.39 is 21.7 Å². The van der Waals surface area contributed by atoms with Gasteiger partial charge in [-0.15, -0.1) is 0 Å². The van der Waals surface area contributed by atoms with Crippen LogP contribution in [0.15, 0.2) is 47.4 Å². The van der Waals surface area contributed by atoms with Crippen molar-refractivity contribution in [1.29, 1.82) is 0 Å². The first-order valence-electron chi connectivity index (χ1n) is 6.67. The van der Waals surface area contributed by atoms with Gasteiger partial charge in [-0.25, -0.2) is 13.1 Å². The van der Waals surface area contributed by atoms with E-state index in [9.17, 15) is 18.3 Å². The highest BCUT2D eigenvalue weighted by Gasteiger charge is 2.43. The smallest absolute Gasteiger partial charge is 0.254 e. The van der Waals surface area contributed by atoms with Crippen LogP contribution in [0.3, 0.4) is 0 Å². The molecular weight excluding hydrogens is 340 g/mol. The van der Waals surface area contributed by atoms with Crippen LogP contribution in [-0.2, 0) is 15.7 Å². The average Bonchev–Trinajstić information content (AvgIpc) is 2.80. The SMILES string of the molecule is CNS(=O)(=O)c1cc(C2(O)NC(=O)c3ccccc32)ccc1Cl. The molecule has 0 saturated carbocycles. The zero-order chi connectivity index (χ0) is 16.8. The van der Waals surface area contributed by atoms with Crippen LogP contribution in [0, 0.1) is 0 Å². The number of hydrogen-bond donors (Lipinski definition) is 3. The summed E-state index contributed by atoms with van der Waals surface area (Å²) in [6.45, 7) is 0. The second kappa shape index (κ2) is 5.31. The van der Waals surface area contributed by atoms with Crippen molar-refractivity contribution in [1.82, 2.24) is 10.0 Å². The number of benzene rings is 2. The number of carbonyl (C=O) groups excluding carboxylic acids is 1. The van der Waals surface area contributed by atoms with Gasteiger partial charge in [0.1, 0.15) is 4.90 Å². The van der Waals surface area contributed by atoms with Crippen LogP contribution in [0.5, 0.6) is 0 Å². The van der Waals surface area contributed by atoms with Crippen molar-refractivity contribution in [2.24, 2.45) is 0 Å². The van der Waals surface area contributed by atoms with E-state index in [4.69, 9.17) is 11.6 Å². The predicted octanol–water partition coefficient (Wildman–Crippen LogP) is 1.18. The third-order valence-corrected chi connectivity index (χ3v) is 5.66. The molecule has 0 spiro atoms. The Morgan fingerprint density at radius 2 is 1.91 bits per heavy atom. The number of nitrogens with one attached hydrogen (secondary N) is 2. The summed E-state index contributed by atoms with van der Waals surface area (Å²) in [6, 6.07) is 10.6. The van der Waals surface area contributed by atoms with E-state index in [1.165, 1.54) is 25.2 Å². The Kier molecular flexibility index (Phi) is 3.68. The third-order valence-electron chi connectivity index (χ3n) is 3.76. The topological polar surface area (TPSA) is 95.5 Å². The van der Waals surface area contributed by atoms with Crippen LogP contribution >= 0.6 is 11.6 Å². The molecule has 6 nitrogen and oxygen atoms in total. The molecule has 1 amide bonds. The summed E-state index contributed by atoms with van der Waals surface area (Å²) < 4.78 is 26.3. The molecule has 120 valence electrons. The molecule has 3 N–H and O–H groups in total. The van der Waals surface area contributed by atoms with Crippen molar-refractivity contribution < 1.29 is 18.3 Å². The summed E-state index contributed by atoms with van der Waals surface area (Å²) in [7, 11) is -2.54. The van der Waals surface area contributed by atoms with Gasteiger partial charge in [-0.1, -0.05) is 35.9 Å². The highest BCUT2D eigenvalue weighted by Crippen LogP contribution is 2.36. The summed E-state index contributed by atoms with van der Waals surface area (Å²) >= 11 is 5.95. The molecule has 1 unspecified atom stereocenters. The number of rotatable bonds is 3. The number of fused-ring (bicyclic) bond motifs is 1. The molecular formula is C15H13ClN2O4S. The molecule has 8 heteroatoms. The van der Waals surface area contributed by atoms with Gasteiger partial charge in [0.05, 0.1) is 5.02 Å². The van der Waals surface area contributed by atoms with Crippen molar-refractivity contribution in [3.05, 3.63) is 64.2 Å². The Morgan fingerprint density at radius 1 is 1.22 bits per heavy atom. The van der Waals surface area contributed by atoms with Crippen molar-refractivity contribution in [3.8, 4) is 0 Å². The van der Waals surface area contributed by atoms with Gasteiger partial charge in [-0.3, -0.25) is 4.79 Å². The lowest BCUT2D eigenvalue weighted by Gasteiger charge is -2.25. The van der Waals surface area contributed by atoms with Crippen LogP contribution in [0.25, 0.3) is 0 Å². The molecule has 0 aliphatic carbocycles. The minimum absolute atomic E-state index is 0.0179. The quantitative estimate of drug-likeness (QED) is 0.773. The first-order chi connectivity index (χ1) is 10.8. The Bertz CT molecular complexity index is 913. The molecule has 1 heterocycles.